The van der Waals surface area contributed by atoms with Gasteiger partial charge in [-0.25, -0.2) is 14.4 Å². The monoisotopic (exact) mass is 558 g/mol. The zero-order valence-electron chi connectivity index (χ0n) is 23.8. The molecule has 4 aromatic rings. The molecule has 40 heavy (non-hydrogen) atoms. The van der Waals surface area contributed by atoms with E-state index in [1.54, 1.807) is 30.6 Å². The second-order valence-electron chi connectivity index (χ2n) is 12.2. The number of hydrogen-bond acceptors (Lipinski definition) is 5. The fourth-order valence-electron chi connectivity index (χ4n) is 4.39. The number of thiophene rings is 1. The van der Waals surface area contributed by atoms with Crippen LogP contribution in [0.15, 0.2) is 67.0 Å². The summed E-state index contributed by atoms with van der Waals surface area (Å²) in [5.74, 6) is -2.55. The Morgan fingerprint density at radius 2 is 1.52 bits per heavy atom. The maximum absolute atomic E-state index is 15.1. The van der Waals surface area contributed by atoms with Crippen molar-refractivity contribution in [3.8, 4) is 22.5 Å². The van der Waals surface area contributed by atoms with Gasteiger partial charge >= 0.3 is 5.97 Å². The second kappa shape index (κ2) is 11.4. The summed E-state index contributed by atoms with van der Waals surface area (Å²) in [7, 11) is 0. The van der Waals surface area contributed by atoms with E-state index in [4.69, 9.17) is 0 Å². The number of nitrogens with zero attached hydrogens (tertiary/aromatic N) is 2. The highest BCUT2D eigenvalue weighted by molar-refractivity contribution is 7.14. The summed E-state index contributed by atoms with van der Waals surface area (Å²) >= 11 is 1.39. The van der Waals surface area contributed by atoms with E-state index in [0.29, 0.717) is 10.4 Å². The summed E-state index contributed by atoms with van der Waals surface area (Å²) in [6.07, 6.45) is 3.23. The summed E-state index contributed by atoms with van der Waals surface area (Å²) in [5, 5.41) is 9.78. The average Bonchev–Trinajstić information content (AvgIpc) is 3.40. The first-order valence-corrected chi connectivity index (χ1v) is 14.1. The van der Waals surface area contributed by atoms with Crippen molar-refractivity contribution in [3.05, 3.63) is 93.7 Å². The van der Waals surface area contributed by atoms with Crippen LogP contribution < -0.4 is 0 Å². The molecule has 1 atom stereocenters. The van der Waals surface area contributed by atoms with Gasteiger partial charge in [-0.05, 0) is 58.2 Å². The lowest BCUT2D eigenvalue weighted by molar-refractivity contribution is -0.141. The Kier molecular flexibility index (Phi) is 8.36. The van der Waals surface area contributed by atoms with Gasteiger partial charge in [0.15, 0.2) is 11.6 Å². The van der Waals surface area contributed by atoms with E-state index in [2.05, 4.69) is 63.6 Å². The van der Waals surface area contributed by atoms with E-state index in [-0.39, 0.29) is 40.8 Å². The molecule has 0 radical (unpaired) electrons. The number of halogens is 1. The molecule has 0 fully saturated rings. The van der Waals surface area contributed by atoms with Crippen LogP contribution in [0.4, 0.5) is 4.39 Å². The molecule has 7 heteroatoms. The second-order valence-corrected chi connectivity index (χ2v) is 13.3. The number of carboxylic acids is 1. The minimum absolute atomic E-state index is 0.0418. The quantitative estimate of drug-likeness (QED) is 0.221. The molecule has 0 aliphatic rings. The molecule has 4 rings (SSSR count). The highest BCUT2D eigenvalue weighted by atomic mass is 32.1. The van der Waals surface area contributed by atoms with Crippen molar-refractivity contribution in [1.29, 1.82) is 0 Å². The van der Waals surface area contributed by atoms with Crippen LogP contribution in [0.5, 0.6) is 0 Å². The first kappa shape index (κ1) is 29.3. The third kappa shape index (κ3) is 6.89. The van der Waals surface area contributed by atoms with Gasteiger partial charge in [0.2, 0.25) is 0 Å². The molecular weight excluding hydrogens is 523 g/mol. The standard InChI is InChI=1S/C33H35FN2O3S/c1-32(2,3)24-10-8-21(9-11-24)23-18-35-30(36-19-23)25-12-7-20(16-26(25)34)15-22(31(38)39)17-27(37)28-13-14-29(40-28)33(4,5)6/h7-14,16,18-19,22H,15,17H2,1-6H3,(H,38,39). The fraction of sp³-hybridized carbons (Fsp3) is 0.333. The molecule has 1 N–H and O–H groups in total. The number of Topliss-reactive ketones (excluding diaryl/α,β-unsaturated/α-hetero) is 1. The van der Waals surface area contributed by atoms with Gasteiger partial charge in [0.25, 0.3) is 0 Å². The number of carboxylic acid groups (broad SMARTS) is 1. The molecule has 2 aromatic carbocycles. The molecular formula is C33H35FN2O3S. The summed E-state index contributed by atoms with van der Waals surface area (Å²) in [6, 6.07) is 16.4. The van der Waals surface area contributed by atoms with Gasteiger partial charge in [-0.1, -0.05) is 71.9 Å². The largest absolute Gasteiger partial charge is 0.481 e. The highest BCUT2D eigenvalue weighted by Crippen LogP contribution is 2.31. The van der Waals surface area contributed by atoms with Gasteiger partial charge in [0, 0.05) is 29.3 Å². The SMILES string of the molecule is CC(C)(C)c1ccc(-c2cnc(-c3ccc(CC(CC(=O)c4ccc(C(C)(C)C)s4)C(=O)O)cc3F)nc2)cc1. The number of ketones is 1. The number of benzene rings is 2. The predicted octanol–water partition coefficient (Wildman–Crippen LogP) is 8.12. The van der Waals surface area contributed by atoms with Gasteiger partial charge in [-0.2, -0.15) is 0 Å². The third-order valence-corrected chi connectivity index (χ3v) is 8.45. The molecule has 2 aromatic heterocycles. The molecule has 1 unspecified atom stereocenters. The van der Waals surface area contributed by atoms with Crippen molar-refractivity contribution in [2.45, 2.75) is 65.2 Å². The van der Waals surface area contributed by atoms with Gasteiger partial charge in [0.05, 0.1) is 16.4 Å². The van der Waals surface area contributed by atoms with Crippen LogP contribution in [0.1, 0.15) is 73.6 Å². The van der Waals surface area contributed by atoms with Crippen LogP contribution in [0.3, 0.4) is 0 Å². The van der Waals surface area contributed by atoms with E-state index < -0.39 is 17.7 Å². The van der Waals surface area contributed by atoms with Crippen LogP contribution in [0.25, 0.3) is 22.5 Å². The number of hydrogen-bond donors (Lipinski definition) is 1. The summed E-state index contributed by atoms with van der Waals surface area (Å²) in [6.45, 7) is 12.7. The zero-order valence-corrected chi connectivity index (χ0v) is 24.6. The maximum Gasteiger partial charge on any atom is 0.307 e. The Balaban J connectivity index is 1.46. The Labute approximate surface area is 239 Å². The van der Waals surface area contributed by atoms with Crippen LogP contribution in [0.2, 0.25) is 0 Å². The molecule has 0 saturated carbocycles. The summed E-state index contributed by atoms with van der Waals surface area (Å²) in [4.78, 5) is 35.2. The van der Waals surface area contributed by atoms with E-state index in [1.165, 1.54) is 23.0 Å². The van der Waals surface area contributed by atoms with Gasteiger partial charge in [-0.3, -0.25) is 9.59 Å². The van der Waals surface area contributed by atoms with Gasteiger partial charge in [0.1, 0.15) is 5.82 Å². The lowest BCUT2D eigenvalue weighted by Crippen LogP contribution is -2.20. The maximum atomic E-state index is 15.1. The van der Waals surface area contributed by atoms with E-state index in [0.717, 1.165) is 16.0 Å². The Bertz CT molecular complexity index is 1510. The first-order valence-electron chi connectivity index (χ1n) is 13.3. The minimum Gasteiger partial charge on any atom is -0.481 e. The van der Waals surface area contributed by atoms with Crippen molar-refractivity contribution in [2.75, 3.05) is 0 Å². The highest BCUT2D eigenvalue weighted by Gasteiger charge is 2.25. The molecule has 0 saturated heterocycles. The Hall–Kier alpha value is -3.71. The predicted molar refractivity (Wildman–Crippen MR) is 158 cm³/mol. The number of rotatable bonds is 8. The van der Waals surface area contributed by atoms with Crippen LogP contribution >= 0.6 is 11.3 Å². The average molecular weight is 559 g/mol. The van der Waals surface area contributed by atoms with Crippen molar-refractivity contribution in [2.24, 2.45) is 5.92 Å². The molecule has 2 heterocycles. The van der Waals surface area contributed by atoms with Crippen LogP contribution in [-0.2, 0) is 22.0 Å². The molecule has 0 amide bonds. The molecule has 208 valence electrons. The van der Waals surface area contributed by atoms with Crippen molar-refractivity contribution >= 4 is 23.1 Å². The molecule has 0 aliphatic carbocycles. The van der Waals surface area contributed by atoms with Crippen LogP contribution in [0, 0.1) is 11.7 Å². The first-order chi connectivity index (χ1) is 18.7. The van der Waals surface area contributed by atoms with Crippen molar-refractivity contribution in [1.82, 2.24) is 9.97 Å². The number of aromatic nitrogens is 2. The third-order valence-electron chi connectivity index (χ3n) is 6.89. The summed E-state index contributed by atoms with van der Waals surface area (Å²) < 4.78 is 15.1. The topological polar surface area (TPSA) is 80.2 Å². The van der Waals surface area contributed by atoms with Gasteiger partial charge < -0.3 is 5.11 Å². The number of aliphatic carboxylic acids is 1. The van der Waals surface area contributed by atoms with Crippen LogP contribution in [-0.4, -0.2) is 26.8 Å². The lowest BCUT2D eigenvalue weighted by atomic mass is 9.86. The van der Waals surface area contributed by atoms with E-state index in [9.17, 15) is 14.7 Å². The molecule has 5 nitrogen and oxygen atoms in total. The molecule has 0 bridgehead atoms. The molecule has 0 aliphatic heterocycles. The minimum atomic E-state index is -1.08. The van der Waals surface area contributed by atoms with E-state index in [1.807, 2.05) is 18.2 Å². The van der Waals surface area contributed by atoms with E-state index >= 15 is 4.39 Å². The Morgan fingerprint density at radius 1 is 0.875 bits per heavy atom. The van der Waals surface area contributed by atoms with Crippen molar-refractivity contribution < 1.29 is 19.1 Å². The number of carbonyl (C=O) groups excluding carboxylic acids is 1. The Morgan fingerprint density at radius 3 is 2.05 bits per heavy atom. The van der Waals surface area contributed by atoms with Gasteiger partial charge in [-0.15, -0.1) is 11.3 Å². The fourth-order valence-corrected chi connectivity index (χ4v) is 5.40. The molecule has 0 spiro atoms. The number of carbonyl (C=O) groups is 2. The lowest BCUT2D eigenvalue weighted by Gasteiger charge is -2.19. The smallest absolute Gasteiger partial charge is 0.307 e. The summed E-state index contributed by atoms with van der Waals surface area (Å²) in [5.41, 5.74) is 3.73. The zero-order chi connectivity index (χ0) is 29.2. The van der Waals surface area contributed by atoms with Crippen molar-refractivity contribution in [3.63, 3.8) is 0 Å². The normalized spacial score (nSPS) is 12.8.